The molecule has 8 heteroatoms. The molecule has 0 radical (unpaired) electrons. The number of hydrogen-bond acceptors (Lipinski definition) is 6. The molecule has 2 atom stereocenters. The molecule has 3 N–H and O–H groups in total. The van der Waals surface area contributed by atoms with E-state index in [1.54, 1.807) is 13.0 Å². The first-order chi connectivity index (χ1) is 14.4. The summed E-state index contributed by atoms with van der Waals surface area (Å²) in [5, 5.41) is 23.2. The highest BCUT2D eigenvalue weighted by Gasteiger charge is 2.23. The number of phenols is 1. The fraction of sp³-hybridized carbons (Fsp3) is 0.273. The Labute approximate surface area is 179 Å². The van der Waals surface area contributed by atoms with Gasteiger partial charge in [-0.3, -0.25) is 4.79 Å². The molecule has 0 aliphatic carbocycles. The van der Waals surface area contributed by atoms with Crippen molar-refractivity contribution in [1.82, 2.24) is 5.43 Å². The van der Waals surface area contributed by atoms with Crippen LogP contribution in [0.2, 0.25) is 5.02 Å². The Hall–Kier alpha value is -3.03. The lowest BCUT2D eigenvalue weighted by atomic mass is 10.1. The molecule has 2 aromatic rings. The van der Waals surface area contributed by atoms with Crippen LogP contribution in [-0.2, 0) is 0 Å². The number of phenolic OH excluding ortho intramolecular Hbond substituents is 1. The number of aliphatic hydroxyl groups excluding tert-OH is 1. The van der Waals surface area contributed by atoms with Gasteiger partial charge in [0.25, 0.3) is 5.91 Å². The third-order valence-corrected chi connectivity index (χ3v) is 4.75. The Bertz CT molecular complexity index is 990. The number of hydrogen-bond donors (Lipinski definition) is 3. The van der Waals surface area contributed by atoms with Gasteiger partial charge in [-0.1, -0.05) is 30.7 Å². The van der Waals surface area contributed by atoms with Crippen LogP contribution in [0.25, 0.3) is 6.08 Å². The van der Waals surface area contributed by atoms with Gasteiger partial charge in [-0.25, -0.2) is 5.43 Å². The summed E-state index contributed by atoms with van der Waals surface area (Å²) in [6.45, 7) is 3.72. The van der Waals surface area contributed by atoms with Crippen molar-refractivity contribution in [2.75, 3.05) is 0 Å². The number of amides is 1. The van der Waals surface area contributed by atoms with E-state index in [0.717, 1.165) is 5.56 Å². The van der Waals surface area contributed by atoms with Crippen LogP contribution in [0.15, 0.2) is 41.5 Å². The Balaban J connectivity index is 1.75. The molecule has 2 aromatic carbocycles. The molecular weight excluding hydrogens is 408 g/mol. The minimum absolute atomic E-state index is 0.0844. The summed E-state index contributed by atoms with van der Waals surface area (Å²) in [6, 6.07) is 7.76. The number of aromatic hydroxyl groups is 1. The third kappa shape index (κ3) is 5.31. The van der Waals surface area contributed by atoms with E-state index in [1.165, 1.54) is 24.4 Å². The van der Waals surface area contributed by atoms with Crippen LogP contribution in [0, 0.1) is 0 Å². The fourth-order valence-corrected chi connectivity index (χ4v) is 3.00. The molecule has 0 saturated carbocycles. The summed E-state index contributed by atoms with van der Waals surface area (Å²) >= 11 is 5.83. The highest BCUT2D eigenvalue weighted by molar-refractivity contribution is 6.32. The highest BCUT2D eigenvalue weighted by atomic mass is 35.5. The Morgan fingerprint density at radius 1 is 1.33 bits per heavy atom. The fourth-order valence-electron chi connectivity index (χ4n) is 2.82. The van der Waals surface area contributed by atoms with Crippen LogP contribution < -0.4 is 14.9 Å². The van der Waals surface area contributed by atoms with Gasteiger partial charge in [0.2, 0.25) is 6.29 Å². The first-order valence-electron chi connectivity index (χ1n) is 9.55. The highest BCUT2D eigenvalue weighted by Crippen LogP contribution is 2.39. The van der Waals surface area contributed by atoms with Gasteiger partial charge in [-0.2, -0.15) is 5.10 Å². The number of aliphatic hydroxyl groups is 1. The lowest BCUT2D eigenvalue weighted by Gasteiger charge is -2.06. The van der Waals surface area contributed by atoms with E-state index in [-0.39, 0.29) is 16.3 Å². The molecule has 2 unspecified atom stereocenters. The van der Waals surface area contributed by atoms with Crippen molar-refractivity contribution in [2.24, 2.45) is 5.10 Å². The van der Waals surface area contributed by atoms with Crippen molar-refractivity contribution in [1.29, 1.82) is 0 Å². The molecule has 1 aliphatic rings. The van der Waals surface area contributed by atoms with E-state index in [1.807, 2.05) is 25.1 Å². The van der Waals surface area contributed by atoms with Crippen molar-refractivity contribution in [2.45, 2.75) is 39.1 Å². The molecule has 30 heavy (non-hydrogen) atoms. The van der Waals surface area contributed by atoms with E-state index in [2.05, 4.69) is 10.5 Å². The van der Waals surface area contributed by atoms with Gasteiger partial charge < -0.3 is 19.7 Å². The van der Waals surface area contributed by atoms with E-state index in [9.17, 15) is 15.0 Å². The molecule has 0 saturated heterocycles. The van der Waals surface area contributed by atoms with Gasteiger partial charge in [0.05, 0.1) is 17.3 Å². The van der Waals surface area contributed by atoms with Crippen LogP contribution in [0.1, 0.15) is 48.2 Å². The number of ether oxygens (including phenoxy) is 2. The number of rotatable bonds is 7. The molecule has 0 aromatic heterocycles. The lowest BCUT2D eigenvalue weighted by molar-refractivity contribution is 0.0677. The second-order valence-electron chi connectivity index (χ2n) is 6.81. The molecule has 0 fully saturated rings. The average molecular weight is 431 g/mol. The largest absolute Gasteiger partial charge is 0.506 e. The first kappa shape index (κ1) is 21.7. The molecule has 1 amide bonds. The molecule has 158 valence electrons. The maximum atomic E-state index is 12.2. The zero-order valence-corrected chi connectivity index (χ0v) is 17.4. The summed E-state index contributed by atoms with van der Waals surface area (Å²) in [4.78, 5) is 12.2. The molecule has 0 bridgehead atoms. The van der Waals surface area contributed by atoms with Crippen molar-refractivity contribution in [3.63, 3.8) is 0 Å². The van der Waals surface area contributed by atoms with Gasteiger partial charge in [0, 0.05) is 18.1 Å². The molecule has 7 nitrogen and oxygen atoms in total. The molecule has 3 rings (SSSR count). The predicted octanol–water partition coefficient (Wildman–Crippen LogP) is 4.10. The van der Waals surface area contributed by atoms with Gasteiger partial charge in [-0.15, -0.1) is 0 Å². The zero-order chi connectivity index (χ0) is 21.7. The molecule has 1 aliphatic heterocycles. The quantitative estimate of drug-likeness (QED) is 0.453. The summed E-state index contributed by atoms with van der Waals surface area (Å²) < 4.78 is 11.4. The maximum absolute atomic E-state index is 12.2. The SMILES string of the molecule is CCC(O)C/C=C/c1cc(/C=N/NC(=O)c2ccc(O)c(Cl)c2)cc2c1OC(C)O2. The maximum Gasteiger partial charge on any atom is 0.271 e. The predicted molar refractivity (Wildman–Crippen MR) is 115 cm³/mol. The summed E-state index contributed by atoms with van der Waals surface area (Å²) in [7, 11) is 0. The number of nitrogens with zero attached hydrogens (tertiary/aromatic N) is 1. The lowest BCUT2D eigenvalue weighted by Crippen LogP contribution is -2.17. The standard InChI is InChI=1S/C22H23ClN2O5/c1-3-17(26)6-4-5-15-9-14(10-20-21(15)30-13(2)29-20)12-24-25-22(28)16-7-8-19(27)18(23)11-16/h4-5,7-13,17,26-27H,3,6H2,1-2H3,(H,25,28)/b5-4+,24-12+. The molecule has 1 heterocycles. The minimum Gasteiger partial charge on any atom is -0.506 e. The van der Waals surface area contributed by atoms with Gasteiger partial charge in [0.1, 0.15) is 5.75 Å². The van der Waals surface area contributed by atoms with Crippen molar-refractivity contribution in [3.8, 4) is 17.2 Å². The number of carbonyl (C=O) groups is 1. The van der Waals surface area contributed by atoms with Crippen molar-refractivity contribution >= 4 is 29.8 Å². The van der Waals surface area contributed by atoms with Crippen molar-refractivity contribution in [3.05, 3.63) is 58.1 Å². The van der Waals surface area contributed by atoms with Gasteiger partial charge >= 0.3 is 0 Å². The first-order valence-corrected chi connectivity index (χ1v) is 9.93. The van der Waals surface area contributed by atoms with Crippen LogP contribution in [-0.4, -0.2) is 34.7 Å². The number of carbonyl (C=O) groups excluding carboxylic acids is 1. The summed E-state index contributed by atoms with van der Waals surface area (Å²) in [5.74, 6) is 0.651. The van der Waals surface area contributed by atoms with E-state index in [4.69, 9.17) is 21.1 Å². The normalized spacial score (nSPS) is 16.3. The topological polar surface area (TPSA) is 100 Å². The number of halogens is 1. The van der Waals surface area contributed by atoms with Gasteiger partial charge in [0.15, 0.2) is 11.5 Å². The van der Waals surface area contributed by atoms with Crippen molar-refractivity contribution < 1.29 is 24.5 Å². The number of hydrazone groups is 1. The second kappa shape index (κ2) is 9.65. The third-order valence-electron chi connectivity index (χ3n) is 4.45. The second-order valence-corrected chi connectivity index (χ2v) is 7.21. The van der Waals surface area contributed by atoms with Gasteiger partial charge in [-0.05, 0) is 48.7 Å². The Morgan fingerprint density at radius 3 is 2.87 bits per heavy atom. The number of benzene rings is 2. The Morgan fingerprint density at radius 2 is 2.13 bits per heavy atom. The average Bonchev–Trinajstić information content (AvgIpc) is 3.10. The zero-order valence-electron chi connectivity index (χ0n) is 16.6. The van der Waals surface area contributed by atoms with Crippen LogP contribution in [0.4, 0.5) is 0 Å². The number of nitrogens with one attached hydrogen (secondary N) is 1. The Kier molecular flexibility index (Phi) is 6.97. The molecular formula is C22H23ClN2O5. The summed E-state index contributed by atoms with van der Waals surface area (Å²) in [5.41, 5.74) is 4.18. The molecule has 0 spiro atoms. The van der Waals surface area contributed by atoms with Crippen LogP contribution >= 0.6 is 11.6 Å². The smallest absolute Gasteiger partial charge is 0.271 e. The number of fused-ring (bicyclic) bond motifs is 1. The van der Waals surface area contributed by atoms with E-state index < -0.39 is 18.3 Å². The van der Waals surface area contributed by atoms with Crippen LogP contribution in [0.3, 0.4) is 0 Å². The summed E-state index contributed by atoms with van der Waals surface area (Å²) in [6.07, 6.45) is 5.66. The monoisotopic (exact) mass is 430 g/mol. The van der Waals surface area contributed by atoms with Crippen LogP contribution in [0.5, 0.6) is 17.2 Å². The minimum atomic E-state index is -0.462. The van der Waals surface area contributed by atoms with E-state index >= 15 is 0 Å². The van der Waals surface area contributed by atoms with E-state index in [0.29, 0.717) is 29.9 Å².